The number of nitrogens with zero attached hydrogens (tertiary/aromatic N) is 1. The van der Waals surface area contributed by atoms with Gasteiger partial charge in [-0.2, -0.15) is 0 Å². The van der Waals surface area contributed by atoms with Crippen molar-refractivity contribution in [1.82, 2.24) is 10.3 Å². The Kier molecular flexibility index (Phi) is 6.26. The van der Waals surface area contributed by atoms with Crippen molar-refractivity contribution in [2.45, 2.75) is 58.6 Å². The fraction of sp³-hybridized carbons (Fsp3) is 0.786. The molecule has 1 N–H and O–H groups in total. The highest BCUT2D eigenvalue weighted by Gasteiger charge is 2.36. The predicted molar refractivity (Wildman–Crippen MR) is 78.3 cm³/mol. The Morgan fingerprint density at radius 3 is 2.44 bits per heavy atom. The molecule has 0 spiro atoms. The first kappa shape index (κ1) is 15.6. The molecule has 1 aromatic heterocycles. The van der Waals surface area contributed by atoms with Gasteiger partial charge in [-0.25, -0.2) is 4.98 Å². The molecule has 1 aromatic rings. The van der Waals surface area contributed by atoms with Crippen LogP contribution in [0.1, 0.15) is 44.3 Å². The Labute approximate surface area is 115 Å². The minimum Gasteiger partial charge on any atom is -0.374 e. The summed E-state index contributed by atoms with van der Waals surface area (Å²) in [4.78, 5) is 4.56. The van der Waals surface area contributed by atoms with Crippen LogP contribution >= 0.6 is 11.3 Å². The van der Waals surface area contributed by atoms with Crippen molar-refractivity contribution in [3.63, 3.8) is 0 Å². The maximum Gasteiger partial charge on any atom is 0.0944 e. The first-order valence-corrected chi connectivity index (χ1v) is 7.72. The van der Waals surface area contributed by atoms with Crippen LogP contribution < -0.4 is 5.32 Å². The number of hydrogen-bond donors (Lipinski definition) is 1. The van der Waals surface area contributed by atoms with Crippen molar-refractivity contribution in [3.05, 3.63) is 16.1 Å². The molecule has 0 aliphatic heterocycles. The van der Waals surface area contributed by atoms with Crippen molar-refractivity contribution < 1.29 is 4.74 Å². The normalized spacial score (nSPS) is 13.8. The number of thiazole rings is 1. The van der Waals surface area contributed by atoms with E-state index < -0.39 is 0 Å². The molecule has 0 saturated heterocycles. The summed E-state index contributed by atoms with van der Waals surface area (Å²) in [5.41, 5.74) is 1.03. The topological polar surface area (TPSA) is 34.1 Å². The molecule has 0 aromatic carbocycles. The van der Waals surface area contributed by atoms with Crippen molar-refractivity contribution >= 4 is 11.3 Å². The van der Waals surface area contributed by atoms with E-state index in [2.05, 4.69) is 36.5 Å². The third-order valence-corrected chi connectivity index (χ3v) is 4.65. The molecule has 0 saturated carbocycles. The van der Waals surface area contributed by atoms with Crippen molar-refractivity contribution in [3.8, 4) is 0 Å². The Balaban J connectivity index is 2.84. The third kappa shape index (κ3) is 3.53. The quantitative estimate of drug-likeness (QED) is 0.788. The number of likely N-dealkylation sites (N-methyl/N-ethyl adjacent to an activating group) is 1. The zero-order chi connectivity index (χ0) is 13.6. The van der Waals surface area contributed by atoms with Crippen molar-refractivity contribution in [1.29, 1.82) is 0 Å². The molecule has 4 heteroatoms. The van der Waals surface area contributed by atoms with Crippen LogP contribution in [0.25, 0.3) is 0 Å². The summed E-state index contributed by atoms with van der Waals surface area (Å²) >= 11 is 1.74. The molecule has 1 rings (SSSR count). The highest BCUT2D eigenvalue weighted by Crippen LogP contribution is 2.28. The van der Waals surface area contributed by atoms with E-state index in [4.69, 9.17) is 4.74 Å². The lowest BCUT2D eigenvalue weighted by Gasteiger charge is -2.39. The smallest absolute Gasteiger partial charge is 0.0944 e. The number of hydrogen-bond acceptors (Lipinski definition) is 4. The molecular weight excluding hydrogens is 244 g/mol. The molecule has 1 unspecified atom stereocenters. The van der Waals surface area contributed by atoms with Gasteiger partial charge in [0.1, 0.15) is 0 Å². The van der Waals surface area contributed by atoms with Crippen molar-refractivity contribution in [2.75, 3.05) is 13.7 Å². The monoisotopic (exact) mass is 270 g/mol. The first-order chi connectivity index (χ1) is 8.61. The largest absolute Gasteiger partial charge is 0.374 e. The number of rotatable bonds is 8. The van der Waals surface area contributed by atoms with Gasteiger partial charge in [0.25, 0.3) is 0 Å². The molecular formula is C14H26N2OS. The minimum absolute atomic E-state index is 0.0803. The molecule has 0 aliphatic carbocycles. The molecule has 0 aliphatic rings. The van der Waals surface area contributed by atoms with E-state index in [1.54, 1.807) is 11.3 Å². The molecule has 3 nitrogen and oxygen atoms in total. The molecule has 0 bridgehead atoms. The van der Waals surface area contributed by atoms with Crippen LogP contribution in [0.2, 0.25) is 0 Å². The van der Waals surface area contributed by atoms with Gasteiger partial charge >= 0.3 is 0 Å². The van der Waals surface area contributed by atoms with E-state index in [9.17, 15) is 0 Å². The summed E-state index contributed by atoms with van der Waals surface area (Å²) < 4.78 is 6.07. The second-order valence-corrected chi connectivity index (χ2v) is 5.58. The lowest BCUT2D eigenvalue weighted by Crippen LogP contribution is -2.52. The van der Waals surface area contributed by atoms with E-state index in [-0.39, 0.29) is 5.60 Å². The summed E-state index contributed by atoms with van der Waals surface area (Å²) in [6.07, 6.45) is 2.98. The van der Waals surface area contributed by atoms with Gasteiger partial charge in [0.05, 0.1) is 10.6 Å². The number of nitrogens with one attached hydrogen (secondary N) is 1. The summed E-state index contributed by atoms with van der Waals surface area (Å²) in [6.45, 7) is 9.29. The zero-order valence-corrected chi connectivity index (χ0v) is 13.1. The van der Waals surface area contributed by atoms with Gasteiger partial charge in [0.15, 0.2) is 0 Å². The van der Waals surface area contributed by atoms with E-state index in [0.717, 1.165) is 31.6 Å². The van der Waals surface area contributed by atoms with Crippen molar-refractivity contribution in [2.24, 2.45) is 0 Å². The number of aryl methyl sites for hydroxylation is 1. The van der Waals surface area contributed by atoms with Gasteiger partial charge in [0.2, 0.25) is 0 Å². The van der Waals surface area contributed by atoms with Gasteiger partial charge in [-0.3, -0.25) is 0 Å². The highest BCUT2D eigenvalue weighted by atomic mass is 32.1. The predicted octanol–water partition coefficient (Wildman–Crippen LogP) is 3.18. The van der Waals surface area contributed by atoms with Gasteiger partial charge < -0.3 is 10.1 Å². The van der Waals surface area contributed by atoms with Crippen LogP contribution in [0, 0.1) is 6.92 Å². The van der Waals surface area contributed by atoms with Gasteiger partial charge in [-0.1, -0.05) is 13.8 Å². The summed E-state index contributed by atoms with van der Waals surface area (Å²) in [7, 11) is 2.02. The Morgan fingerprint density at radius 1 is 1.39 bits per heavy atom. The lowest BCUT2D eigenvalue weighted by atomic mass is 9.86. The fourth-order valence-electron chi connectivity index (χ4n) is 2.56. The van der Waals surface area contributed by atoms with Crippen LogP contribution in [-0.4, -0.2) is 30.3 Å². The average Bonchev–Trinajstić information content (AvgIpc) is 2.79. The van der Waals surface area contributed by atoms with E-state index in [1.165, 1.54) is 5.01 Å². The second-order valence-electron chi connectivity index (χ2n) is 4.63. The Bertz CT molecular complexity index is 347. The minimum atomic E-state index is -0.0803. The van der Waals surface area contributed by atoms with E-state index in [1.807, 2.05) is 14.0 Å². The van der Waals surface area contributed by atoms with Gasteiger partial charge in [-0.05, 0) is 33.7 Å². The zero-order valence-electron chi connectivity index (χ0n) is 12.2. The van der Waals surface area contributed by atoms with Crippen LogP contribution in [-0.2, 0) is 11.2 Å². The molecule has 0 fully saturated rings. The SMILES string of the molecule is CCOC(CC)(CC)C(Cc1nc(C)cs1)NC. The van der Waals surface area contributed by atoms with Gasteiger partial charge in [0, 0.05) is 30.1 Å². The average molecular weight is 270 g/mol. The molecule has 1 heterocycles. The van der Waals surface area contributed by atoms with E-state index >= 15 is 0 Å². The van der Waals surface area contributed by atoms with Gasteiger partial charge in [-0.15, -0.1) is 11.3 Å². The molecule has 1 atom stereocenters. The fourth-order valence-corrected chi connectivity index (χ4v) is 3.38. The second kappa shape index (κ2) is 7.22. The maximum atomic E-state index is 6.07. The Hall–Kier alpha value is -0.450. The van der Waals surface area contributed by atoms with Crippen LogP contribution in [0.15, 0.2) is 5.38 Å². The molecule has 18 heavy (non-hydrogen) atoms. The van der Waals surface area contributed by atoms with E-state index in [0.29, 0.717) is 6.04 Å². The Morgan fingerprint density at radius 2 is 2.06 bits per heavy atom. The van der Waals surface area contributed by atoms with Crippen LogP contribution in [0.5, 0.6) is 0 Å². The standard InChI is InChI=1S/C14H26N2OS/c1-6-14(7-2,17-8-3)12(15-5)9-13-16-11(4)10-18-13/h10,12,15H,6-9H2,1-5H3. The number of aromatic nitrogens is 1. The summed E-state index contributed by atoms with van der Waals surface area (Å²) in [6, 6.07) is 0.318. The summed E-state index contributed by atoms with van der Waals surface area (Å²) in [5.74, 6) is 0. The van der Waals surface area contributed by atoms with Crippen LogP contribution in [0.4, 0.5) is 0 Å². The molecule has 0 radical (unpaired) electrons. The molecule has 104 valence electrons. The third-order valence-electron chi connectivity index (χ3n) is 3.66. The first-order valence-electron chi connectivity index (χ1n) is 6.84. The lowest BCUT2D eigenvalue weighted by molar-refractivity contribution is -0.0703. The molecule has 0 amide bonds. The summed E-state index contributed by atoms with van der Waals surface area (Å²) in [5, 5.41) is 6.73. The highest BCUT2D eigenvalue weighted by molar-refractivity contribution is 7.09. The number of ether oxygens (including phenoxy) is 1. The maximum absolute atomic E-state index is 6.07. The van der Waals surface area contributed by atoms with Crippen LogP contribution in [0.3, 0.4) is 0 Å².